The van der Waals surface area contributed by atoms with Crippen LogP contribution >= 0.6 is 11.3 Å². The van der Waals surface area contributed by atoms with Crippen LogP contribution in [0.3, 0.4) is 0 Å². The third-order valence-electron chi connectivity index (χ3n) is 4.34. The van der Waals surface area contributed by atoms with Gasteiger partial charge in [-0.1, -0.05) is 6.07 Å². The Morgan fingerprint density at radius 2 is 2.28 bits per heavy atom. The summed E-state index contributed by atoms with van der Waals surface area (Å²) in [6, 6.07) is 9.74. The lowest BCUT2D eigenvalue weighted by Crippen LogP contribution is -2.24. The van der Waals surface area contributed by atoms with Crippen LogP contribution in [0.4, 0.5) is 0 Å². The molecular weight excluding hydrogens is 336 g/mol. The molecule has 6 nitrogen and oxygen atoms in total. The Balaban J connectivity index is 1.27. The Labute approximate surface area is 149 Å². The molecule has 0 aliphatic carbocycles. The van der Waals surface area contributed by atoms with Gasteiger partial charge < -0.3 is 10.1 Å². The lowest BCUT2D eigenvalue weighted by molar-refractivity contribution is 0.0957. The van der Waals surface area contributed by atoms with Gasteiger partial charge in [0.2, 0.25) is 0 Å². The topological polar surface area (TPSA) is 68.5 Å². The number of ether oxygens (including phenoxy) is 1. The quantitative estimate of drug-likeness (QED) is 0.690. The molecule has 4 heterocycles. The summed E-state index contributed by atoms with van der Waals surface area (Å²) in [6.45, 7) is 1.44. The fraction of sp³-hybridized carbons (Fsp3) is 0.389. The van der Waals surface area contributed by atoms with Crippen LogP contribution in [0.25, 0.3) is 5.65 Å². The molecule has 25 heavy (non-hydrogen) atoms. The summed E-state index contributed by atoms with van der Waals surface area (Å²) >= 11 is 1.53. The second-order valence-electron chi connectivity index (χ2n) is 6.11. The minimum atomic E-state index is -0.0136. The summed E-state index contributed by atoms with van der Waals surface area (Å²) < 4.78 is 7.65. The summed E-state index contributed by atoms with van der Waals surface area (Å²) in [6.07, 6.45) is 5.88. The zero-order chi connectivity index (χ0) is 17.1. The van der Waals surface area contributed by atoms with Crippen LogP contribution in [-0.4, -0.2) is 33.7 Å². The summed E-state index contributed by atoms with van der Waals surface area (Å²) in [4.78, 5) is 14.2. The maximum atomic E-state index is 12.3. The van der Waals surface area contributed by atoms with Crippen LogP contribution in [0.1, 0.15) is 45.7 Å². The molecule has 1 fully saturated rings. The number of carbonyl (C=O) groups excluding carboxylic acids is 1. The van der Waals surface area contributed by atoms with Crippen LogP contribution < -0.4 is 5.32 Å². The zero-order valence-electron chi connectivity index (χ0n) is 13.9. The van der Waals surface area contributed by atoms with Gasteiger partial charge in [-0.2, -0.15) is 0 Å². The minimum Gasteiger partial charge on any atom is -0.373 e. The monoisotopic (exact) mass is 356 g/mol. The molecule has 1 amide bonds. The Hall–Kier alpha value is -2.25. The summed E-state index contributed by atoms with van der Waals surface area (Å²) in [5, 5.41) is 11.3. The van der Waals surface area contributed by atoms with Crippen LogP contribution in [0.5, 0.6) is 0 Å². The van der Waals surface area contributed by atoms with E-state index in [2.05, 4.69) is 15.5 Å². The number of aromatic nitrogens is 3. The van der Waals surface area contributed by atoms with Gasteiger partial charge in [-0.25, -0.2) is 0 Å². The zero-order valence-corrected chi connectivity index (χ0v) is 14.7. The van der Waals surface area contributed by atoms with Crippen molar-refractivity contribution in [3.8, 4) is 0 Å². The van der Waals surface area contributed by atoms with Crippen LogP contribution in [0.15, 0.2) is 36.5 Å². The van der Waals surface area contributed by atoms with Gasteiger partial charge in [0.05, 0.1) is 11.0 Å². The van der Waals surface area contributed by atoms with Gasteiger partial charge in [0.15, 0.2) is 5.65 Å². The van der Waals surface area contributed by atoms with Crippen molar-refractivity contribution in [2.75, 3.05) is 13.2 Å². The van der Waals surface area contributed by atoms with Crippen LogP contribution in [-0.2, 0) is 11.2 Å². The largest absolute Gasteiger partial charge is 0.373 e. The van der Waals surface area contributed by atoms with E-state index in [-0.39, 0.29) is 12.0 Å². The van der Waals surface area contributed by atoms with E-state index in [4.69, 9.17) is 4.74 Å². The number of nitrogens with one attached hydrogen (secondary N) is 1. The predicted octanol–water partition coefficient (Wildman–Crippen LogP) is 3.00. The highest BCUT2D eigenvalue weighted by Crippen LogP contribution is 2.33. The number of carbonyl (C=O) groups is 1. The number of rotatable bonds is 6. The van der Waals surface area contributed by atoms with Gasteiger partial charge in [-0.3, -0.25) is 9.20 Å². The van der Waals surface area contributed by atoms with Gasteiger partial charge in [-0.15, -0.1) is 21.5 Å². The molecule has 1 aliphatic rings. The van der Waals surface area contributed by atoms with Crippen molar-refractivity contribution in [1.29, 1.82) is 0 Å². The molecule has 0 saturated carbocycles. The molecule has 3 aromatic rings. The molecule has 0 radical (unpaired) electrons. The third-order valence-corrected chi connectivity index (χ3v) is 5.52. The first-order valence-corrected chi connectivity index (χ1v) is 9.41. The Bertz CT molecular complexity index is 867. The highest BCUT2D eigenvalue weighted by Gasteiger charge is 2.20. The summed E-state index contributed by atoms with van der Waals surface area (Å²) in [7, 11) is 0. The van der Waals surface area contributed by atoms with Gasteiger partial charge >= 0.3 is 0 Å². The van der Waals surface area contributed by atoms with Gasteiger partial charge in [0.25, 0.3) is 5.91 Å². The highest BCUT2D eigenvalue weighted by atomic mass is 32.1. The van der Waals surface area contributed by atoms with E-state index in [1.807, 2.05) is 40.9 Å². The van der Waals surface area contributed by atoms with Gasteiger partial charge in [0.1, 0.15) is 5.82 Å². The van der Waals surface area contributed by atoms with E-state index in [0.29, 0.717) is 6.54 Å². The van der Waals surface area contributed by atoms with E-state index in [1.165, 1.54) is 11.3 Å². The fourth-order valence-electron chi connectivity index (χ4n) is 3.05. The minimum absolute atomic E-state index is 0.0136. The molecule has 1 saturated heterocycles. The second-order valence-corrected chi connectivity index (χ2v) is 7.22. The second kappa shape index (κ2) is 7.33. The number of amides is 1. The number of thiophene rings is 1. The smallest absolute Gasteiger partial charge is 0.261 e. The molecule has 4 rings (SSSR count). The average Bonchev–Trinajstić information content (AvgIpc) is 3.38. The highest BCUT2D eigenvalue weighted by molar-refractivity contribution is 7.14. The number of pyridine rings is 1. The van der Waals surface area contributed by atoms with Crippen LogP contribution in [0.2, 0.25) is 0 Å². The molecule has 1 N–H and O–H groups in total. The van der Waals surface area contributed by atoms with E-state index in [1.54, 1.807) is 0 Å². The number of fused-ring (bicyclic) bond motifs is 1. The first kappa shape index (κ1) is 16.2. The summed E-state index contributed by atoms with van der Waals surface area (Å²) in [5.74, 6) is 0.905. The van der Waals surface area contributed by atoms with Gasteiger partial charge in [-0.05, 0) is 43.5 Å². The molecular formula is C18H20N4O2S. The fourth-order valence-corrected chi connectivity index (χ4v) is 4.06. The van der Waals surface area contributed by atoms with Crippen molar-refractivity contribution in [3.05, 3.63) is 52.1 Å². The molecule has 3 aromatic heterocycles. The SMILES string of the molecule is O=C(NCCCc1nnc2ccccn12)c1ccc([C@H]2CCCO2)s1. The Morgan fingerprint density at radius 3 is 3.16 bits per heavy atom. The third kappa shape index (κ3) is 3.57. The van der Waals surface area contributed by atoms with Crippen molar-refractivity contribution in [2.24, 2.45) is 0 Å². The lowest BCUT2D eigenvalue weighted by Gasteiger charge is -2.05. The Kier molecular flexibility index (Phi) is 4.76. The van der Waals surface area contributed by atoms with Crippen LogP contribution in [0, 0.1) is 0 Å². The molecule has 0 aromatic carbocycles. The van der Waals surface area contributed by atoms with Crippen molar-refractivity contribution in [1.82, 2.24) is 19.9 Å². The summed E-state index contributed by atoms with van der Waals surface area (Å²) in [5.41, 5.74) is 0.849. The maximum absolute atomic E-state index is 12.3. The van der Waals surface area contributed by atoms with Crippen molar-refractivity contribution < 1.29 is 9.53 Å². The molecule has 130 valence electrons. The predicted molar refractivity (Wildman–Crippen MR) is 95.9 cm³/mol. The van der Waals surface area contributed by atoms with E-state index in [0.717, 1.165) is 53.5 Å². The van der Waals surface area contributed by atoms with E-state index < -0.39 is 0 Å². The van der Waals surface area contributed by atoms with Crippen molar-refractivity contribution in [2.45, 2.75) is 31.8 Å². The normalized spacial score (nSPS) is 17.2. The molecule has 1 atom stereocenters. The molecule has 0 unspecified atom stereocenters. The maximum Gasteiger partial charge on any atom is 0.261 e. The standard InChI is InChI=1S/C18H20N4O2S/c23-18(15-9-8-14(25-15)13-5-4-12-24-13)19-10-3-7-17-21-20-16-6-1-2-11-22(16)17/h1-2,6,8-9,11,13H,3-5,7,10,12H2,(H,19,23)/t13-/m1/s1. The van der Waals surface area contributed by atoms with Crippen molar-refractivity contribution >= 4 is 22.9 Å². The van der Waals surface area contributed by atoms with E-state index in [9.17, 15) is 4.79 Å². The first-order valence-electron chi connectivity index (χ1n) is 8.59. The Morgan fingerprint density at radius 1 is 1.32 bits per heavy atom. The lowest BCUT2D eigenvalue weighted by atomic mass is 10.2. The van der Waals surface area contributed by atoms with Crippen molar-refractivity contribution in [3.63, 3.8) is 0 Å². The molecule has 1 aliphatic heterocycles. The molecule has 7 heteroatoms. The van der Waals surface area contributed by atoms with Gasteiger partial charge in [0, 0.05) is 30.6 Å². The average molecular weight is 356 g/mol. The molecule has 0 bridgehead atoms. The number of aryl methyl sites for hydroxylation is 1. The van der Waals surface area contributed by atoms with E-state index >= 15 is 0 Å². The molecule has 0 spiro atoms. The number of nitrogens with zero attached hydrogens (tertiary/aromatic N) is 3. The number of hydrogen-bond donors (Lipinski definition) is 1. The number of hydrogen-bond acceptors (Lipinski definition) is 5. The first-order chi connectivity index (χ1) is 12.3.